The summed E-state index contributed by atoms with van der Waals surface area (Å²) in [6.45, 7) is 7.29. The van der Waals surface area contributed by atoms with Gasteiger partial charge in [0.15, 0.2) is 16.7 Å². The highest BCUT2D eigenvalue weighted by molar-refractivity contribution is 8.18. The Morgan fingerprint density at radius 3 is 2.36 bits per heavy atom. The van der Waals surface area contributed by atoms with E-state index in [1.807, 2.05) is 91.9 Å². The zero-order valence-electron chi connectivity index (χ0n) is 20.6. The van der Waals surface area contributed by atoms with Crippen LogP contribution in [0.4, 0.5) is 0 Å². The minimum absolute atomic E-state index is 0.0605. The number of hydrogen-bond donors (Lipinski definition) is 0. The van der Waals surface area contributed by atoms with Gasteiger partial charge >= 0.3 is 0 Å². The van der Waals surface area contributed by atoms with Crippen LogP contribution in [0.2, 0.25) is 0 Å². The molecule has 1 amide bonds. The summed E-state index contributed by atoms with van der Waals surface area (Å²) in [6.07, 6.45) is 4.37. The molecular formula is C30H30N2O3S. The molecular weight excluding hydrogens is 468 g/mol. The molecule has 0 radical (unpaired) electrons. The molecule has 3 aromatic carbocycles. The molecule has 0 atom stereocenters. The number of thioether (sulfide) groups is 1. The number of allylic oxidation sites excluding steroid dienone is 1. The van der Waals surface area contributed by atoms with E-state index in [1.165, 1.54) is 11.8 Å². The molecule has 1 aliphatic heterocycles. The first-order valence-corrected chi connectivity index (χ1v) is 12.7. The van der Waals surface area contributed by atoms with E-state index in [0.717, 1.165) is 22.3 Å². The molecule has 0 saturated carbocycles. The Morgan fingerprint density at radius 2 is 1.72 bits per heavy atom. The maximum absolute atomic E-state index is 13.6. The van der Waals surface area contributed by atoms with Crippen molar-refractivity contribution in [1.82, 2.24) is 4.90 Å². The van der Waals surface area contributed by atoms with Gasteiger partial charge in [-0.25, -0.2) is 0 Å². The van der Waals surface area contributed by atoms with Gasteiger partial charge in [0.25, 0.3) is 5.91 Å². The highest BCUT2D eigenvalue weighted by Gasteiger charge is 2.33. The molecule has 0 N–H and O–H groups in total. The number of amides is 1. The Hall–Kier alpha value is -3.77. The molecule has 0 unspecified atom stereocenters. The van der Waals surface area contributed by atoms with Crippen LogP contribution in [0.25, 0.3) is 6.08 Å². The van der Waals surface area contributed by atoms with Gasteiger partial charge in [-0.3, -0.25) is 14.7 Å². The monoisotopic (exact) mass is 498 g/mol. The van der Waals surface area contributed by atoms with Crippen molar-refractivity contribution in [2.45, 2.75) is 26.4 Å². The summed E-state index contributed by atoms with van der Waals surface area (Å²) >= 11 is 1.40. The van der Waals surface area contributed by atoms with Crippen LogP contribution in [0.1, 0.15) is 29.2 Å². The van der Waals surface area contributed by atoms with Gasteiger partial charge in [-0.15, -0.1) is 6.58 Å². The lowest BCUT2D eigenvalue weighted by Crippen LogP contribution is -2.28. The number of ether oxygens (including phenoxy) is 2. The molecule has 0 bridgehead atoms. The molecule has 5 nitrogen and oxygen atoms in total. The van der Waals surface area contributed by atoms with Crippen LogP contribution in [-0.2, 0) is 24.3 Å². The zero-order chi connectivity index (χ0) is 25.3. The number of amidine groups is 1. The first-order valence-electron chi connectivity index (χ1n) is 11.9. The molecule has 4 rings (SSSR count). The second-order valence-corrected chi connectivity index (χ2v) is 9.22. The lowest BCUT2D eigenvalue weighted by atomic mass is 10.0. The van der Waals surface area contributed by atoms with Crippen LogP contribution in [0.5, 0.6) is 11.5 Å². The van der Waals surface area contributed by atoms with Crippen LogP contribution in [0.15, 0.2) is 95.3 Å². The van der Waals surface area contributed by atoms with Gasteiger partial charge in [0.1, 0.15) is 0 Å². The predicted molar refractivity (Wildman–Crippen MR) is 148 cm³/mol. The van der Waals surface area contributed by atoms with E-state index in [0.29, 0.717) is 47.7 Å². The fourth-order valence-electron chi connectivity index (χ4n) is 3.99. The molecule has 0 spiro atoms. The number of carbonyl (C=O) groups is 1. The highest BCUT2D eigenvalue weighted by atomic mass is 32.2. The maximum atomic E-state index is 13.6. The van der Waals surface area contributed by atoms with Crippen molar-refractivity contribution in [2.75, 3.05) is 13.7 Å². The molecule has 0 aromatic heterocycles. The quantitative estimate of drug-likeness (QED) is 0.237. The van der Waals surface area contributed by atoms with Crippen LogP contribution in [0.3, 0.4) is 0 Å². The van der Waals surface area contributed by atoms with Gasteiger partial charge < -0.3 is 9.47 Å². The van der Waals surface area contributed by atoms with Crippen molar-refractivity contribution in [2.24, 2.45) is 4.99 Å². The summed E-state index contributed by atoms with van der Waals surface area (Å²) in [5, 5.41) is 0.698. The van der Waals surface area contributed by atoms with E-state index in [4.69, 9.17) is 14.5 Å². The topological polar surface area (TPSA) is 51.1 Å². The summed E-state index contributed by atoms with van der Waals surface area (Å²) in [4.78, 5) is 20.8. The third-order valence-electron chi connectivity index (χ3n) is 5.63. The summed E-state index contributed by atoms with van der Waals surface area (Å²) < 4.78 is 11.5. The largest absolute Gasteiger partial charge is 0.493 e. The van der Waals surface area contributed by atoms with Gasteiger partial charge in [-0.2, -0.15) is 0 Å². The summed E-state index contributed by atoms with van der Waals surface area (Å²) in [6, 6.07) is 24.0. The Morgan fingerprint density at radius 1 is 1.03 bits per heavy atom. The van der Waals surface area contributed by atoms with E-state index in [-0.39, 0.29) is 5.91 Å². The fraction of sp³-hybridized carbons (Fsp3) is 0.200. The van der Waals surface area contributed by atoms with E-state index in [9.17, 15) is 4.79 Å². The van der Waals surface area contributed by atoms with Crippen LogP contribution >= 0.6 is 11.8 Å². The van der Waals surface area contributed by atoms with Gasteiger partial charge in [0.2, 0.25) is 0 Å². The van der Waals surface area contributed by atoms with E-state index < -0.39 is 0 Å². The summed E-state index contributed by atoms with van der Waals surface area (Å²) in [5.74, 6) is 1.29. The number of rotatable bonds is 10. The average Bonchev–Trinajstić information content (AvgIpc) is 3.18. The fourth-order valence-corrected chi connectivity index (χ4v) is 4.97. The van der Waals surface area contributed by atoms with Gasteiger partial charge in [0, 0.05) is 5.56 Å². The first kappa shape index (κ1) is 25.3. The van der Waals surface area contributed by atoms with Crippen molar-refractivity contribution in [3.8, 4) is 11.5 Å². The predicted octanol–water partition coefficient (Wildman–Crippen LogP) is 6.50. The van der Waals surface area contributed by atoms with Gasteiger partial charge in [-0.1, -0.05) is 66.7 Å². The lowest BCUT2D eigenvalue weighted by Gasteiger charge is -2.16. The smallest absolute Gasteiger partial charge is 0.267 e. The Labute approximate surface area is 217 Å². The SMILES string of the molecule is C=CCc1cc(/C=C2/SC(=NCc3ccccc3)N(Cc3ccccc3)C2=O)cc(OCC)c1OC. The zero-order valence-corrected chi connectivity index (χ0v) is 21.5. The number of aliphatic imine (C=N–C) groups is 1. The minimum atomic E-state index is -0.0605. The number of carbonyl (C=O) groups excluding carboxylic acids is 1. The number of methoxy groups -OCH3 is 1. The standard InChI is InChI=1S/C30H30N2O3S/c1-4-12-25-17-24(18-26(35-5-2)28(25)34-3)19-27-29(33)32(21-23-15-10-7-11-16-23)30(36-27)31-20-22-13-8-6-9-14-22/h4,6-11,13-19H,1,5,12,20-21H2,2-3H3/b27-19+,31-30?. The Balaban J connectivity index is 1.69. The van der Waals surface area contributed by atoms with E-state index in [2.05, 4.69) is 6.58 Å². The van der Waals surface area contributed by atoms with Crippen LogP contribution < -0.4 is 9.47 Å². The molecule has 1 saturated heterocycles. The molecule has 1 fully saturated rings. The normalized spacial score (nSPS) is 15.5. The number of hydrogen-bond acceptors (Lipinski definition) is 5. The Kier molecular flexibility index (Phi) is 8.63. The molecule has 36 heavy (non-hydrogen) atoms. The van der Waals surface area contributed by atoms with Gasteiger partial charge in [0.05, 0.1) is 31.7 Å². The van der Waals surface area contributed by atoms with Crippen molar-refractivity contribution < 1.29 is 14.3 Å². The van der Waals surface area contributed by atoms with Crippen molar-refractivity contribution in [1.29, 1.82) is 0 Å². The van der Waals surface area contributed by atoms with Crippen molar-refractivity contribution in [3.63, 3.8) is 0 Å². The second-order valence-electron chi connectivity index (χ2n) is 8.21. The van der Waals surface area contributed by atoms with Crippen LogP contribution in [-0.4, -0.2) is 29.7 Å². The number of benzene rings is 3. The molecule has 1 aliphatic rings. The van der Waals surface area contributed by atoms with E-state index >= 15 is 0 Å². The molecule has 0 aliphatic carbocycles. The molecule has 6 heteroatoms. The minimum Gasteiger partial charge on any atom is -0.493 e. The molecule has 184 valence electrons. The van der Waals surface area contributed by atoms with Crippen molar-refractivity contribution >= 4 is 28.9 Å². The third kappa shape index (κ3) is 6.07. The maximum Gasteiger partial charge on any atom is 0.267 e. The first-order chi connectivity index (χ1) is 17.6. The molecule has 3 aromatic rings. The van der Waals surface area contributed by atoms with E-state index in [1.54, 1.807) is 12.0 Å². The van der Waals surface area contributed by atoms with Crippen LogP contribution in [0, 0.1) is 0 Å². The molecule has 1 heterocycles. The average molecular weight is 499 g/mol. The second kappa shape index (κ2) is 12.3. The van der Waals surface area contributed by atoms with Crippen molar-refractivity contribution in [3.05, 3.63) is 113 Å². The lowest BCUT2D eigenvalue weighted by molar-refractivity contribution is -0.122. The third-order valence-corrected chi connectivity index (χ3v) is 6.68. The Bertz CT molecular complexity index is 1270. The summed E-state index contributed by atoms with van der Waals surface area (Å²) in [7, 11) is 1.63. The summed E-state index contributed by atoms with van der Waals surface area (Å²) in [5.41, 5.74) is 3.98. The highest BCUT2D eigenvalue weighted by Crippen LogP contribution is 2.38. The van der Waals surface area contributed by atoms with Gasteiger partial charge in [-0.05, 0) is 60.0 Å². The number of nitrogens with zero attached hydrogens (tertiary/aromatic N) is 2.